The molecule has 0 aliphatic heterocycles. The average molecular weight is 516 g/mol. The molecule has 1 aromatic rings. The van der Waals surface area contributed by atoms with Gasteiger partial charge in [-0.25, -0.2) is 0 Å². The number of rotatable bonds is 3. The Balaban J connectivity index is 1.62. The minimum Gasteiger partial charge on any atom is -0.387 e. The number of amides is 1. The van der Waals surface area contributed by atoms with Crippen LogP contribution >= 0.6 is 0 Å². The molecule has 1 amide bonds. The zero-order valence-corrected chi connectivity index (χ0v) is 23.4. The number of ketones is 1. The molecule has 5 atom stereocenters. The maximum Gasteiger partial charge on any atom is 0.252 e. The fraction of sp³-hybridized carbons (Fsp3) is 0.576. The van der Waals surface area contributed by atoms with E-state index in [9.17, 15) is 19.8 Å². The van der Waals surface area contributed by atoms with Gasteiger partial charge in [-0.1, -0.05) is 36.5 Å². The number of fused-ring (bicyclic) bond motifs is 4. The van der Waals surface area contributed by atoms with Gasteiger partial charge < -0.3 is 15.1 Å². The van der Waals surface area contributed by atoms with Crippen LogP contribution in [0, 0.1) is 34.5 Å². The van der Waals surface area contributed by atoms with E-state index < -0.39 is 12.2 Å². The van der Waals surface area contributed by atoms with Gasteiger partial charge in [0.05, 0.1) is 0 Å². The van der Waals surface area contributed by atoms with Crippen molar-refractivity contribution in [3.8, 4) is 11.8 Å². The molecule has 0 heterocycles. The molecule has 0 radical (unpaired) electrons. The van der Waals surface area contributed by atoms with Gasteiger partial charge in [-0.3, -0.25) is 9.59 Å². The van der Waals surface area contributed by atoms with Crippen LogP contribution in [0.15, 0.2) is 47.1 Å². The molecule has 2 fully saturated rings. The normalized spacial score (nSPS) is 32.4. The predicted molar refractivity (Wildman–Crippen MR) is 149 cm³/mol. The van der Waals surface area contributed by atoms with Crippen LogP contribution in [-0.2, 0) is 9.59 Å². The van der Waals surface area contributed by atoms with Crippen LogP contribution in [0.25, 0.3) is 0 Å². The van der Waals surface area contributed by atoms with Crippen LogP contribution < -0.4 is 4.90 Å². The van der Waals surface area contributed by atoms with E-state index >= 15 is 0 Å². The lowest BCUT2D eigenvalue weighted by Crippen LogP contribution is -2.51. The van der Waals surface area contributed by atoms with Gasteiger partial charge in [-0.15, -0.1) is 0 Å². The minimum atomic E-state index is -1.04. The summed E-state index contributed by atoms with van der Waals surface area (Å²) in [6.45, 7) is 7.99. The van der Waals surface area contributed by atoms with E-state index in [1.54, 1.807) is 7.05 Å². The number of nitrogens with zero attached hydrogens (tertiary/aromatic N) is 1. The van der Waals surface area contributed by atoms with E-state index in [0.29, 0.717) is 24.7 Å². The molecule has 2 N–H and O–H groups in total. The van der Waals surface area contributed by atoms with Crippen molar-refractivity contribution < 1.29 is 19.8 Å². The molecule has 5 nitrogen and oxygen atoms in total. The summed E-state index contributed by atoms with van der Waals surface area (Å²) in [6.07, 6.45) is 7.63. The lowest BCUT2D eigenvalue weighted by Gasteiger charge is -2.53. The van der Waals surface area contributed by atoms with Crippen LogP contribution in [-0.4, -0.2) is 41.2 Å². The zero-order chi connectivity index (χ0) is 27.5. The Morgan fingerprint density at radius 3 is 2.50 bits per heavy atom. The minimum absolute atomic E-state index is 0.113. The van der Waals surface area contributed by atoms with Gasteiger partial charge in [-0.05, 0) is 106 Å². The first-order chi connectivity index (χ1) is 17.9. The number of aliphatic hydroxyl groups is 2. The molecule has 4 aliphatic rings. The molecule has 1 aromatic carbocycles. The van der Waals surface area contributed by atoms with Crippen molar-refractivity contribution in [3.63, 3.8) is 0 Å². The third-order valence-electron chi connectivity index (χ3n) is 9.72. The van der Waals surface area contributed by atoms with Gasteiger partial charge in [-0.2, -0.15) is 0 Å². The number of carbonyl (C=O) groups excluding carboxylic acids is 2. The Hall–Kier alpha value is -2.68. The Morgan fingerprint density at radius 1 is 1.13 bits per heavy atom. The van der Waals surface area contributed by atoms with E-state index in [2.05, 4.69) is 51.7 Å². The molecule has 0 bridgehead atoms. The second-order valence-corrected chi connectivity index (χ2v) is 13.1. The van der Waals surface area contributed by atoms with Crippen LogP contribution in [0.2, 0.25) is 0 Å². The number of hydrogen-bond donors (Lipinski definition) is 2. The summed E-state index contributed by atoms with van der Waals surface area (Å²) in [7, 11) is 1.67. The number of anilines is 1. The number of hydrogen-bond acceptors (Lipinski definition) is 4. The maximum atomic E-state index is 12.3. The number of benzene rings is 1. The molecule has 0 saturated heterocycles. The molecule has 38 heavy (non-hydrogen) atoms. The second kappa shape index (κ2) is 9.50. The summed E-state index contributed by atoms with van der Waals surface area (Å²) in [6, 6.07) is 8.08. The smallest absolute Gasteiger partial charge is 0.252 e. The van der Waals surface area contributed by atoms with Crippen molar-refractivity contribution in [2.24, 2.45) is 22.7 Å². The monoisotopic (exact) mass is 515 g/mol. The summed E-state index contributed by atoms with van der Waals surface area (Å²) in [5, 5.41) is 21.4. The summed E-state index contributed by atoms with van der Waals surface area (Å²) in [5.41, 5.74) is 4.40. The van der Waals surface area contributed by atoms with Gasteiger partial charge in [0, 0.05) is 35.9 Å². The van der Waals surface area contributed by atoms with Crippen LogP contribution in [0.5, 0.6) is 0 Å². The lowest BCUT2D eigenvalue weighted by atomic mass is 9.51. The van der Waals surface area contributed by atoms with Crippen LogP contribution in [0.1, 0.15) is 84.1 Å². The summed E-state index contributed by atoms with van der Waals surface area (Å²) in [5.74, 6) is 7.45. The van der Waals surface area contributed by atoms with E-state index in [0.717, 1.165) is 37.8 Å². The molecule has 5 heteroatoms. The van der Waals surface area contributed by atoms with E-state index in [1.165, 1.54) is 27.2 Å². The highest BCUT2D eigenvalue weighted by atomic mass is 16.3. The summed E-state index contributed by atoms with van der Waals surface area (Å²) < 4.78 is 0. The van der Waals surface area contributed by atoms with Gasteiger partial charge in [0.25, 0.3) is 5.91 Å². The standard InChI is InChI=1S/C33H41NO4/c1-31(2,3)16-17-33(38)15-14-28-26-12-8-22-18-24(36)11-13-25(22)30(26)27(19-32(28,33)4)21-6-9-23(10-7-21)34(5)29(37)20-35/h6-7,9-10,18,26-28,35,38H,8,11-15,19-20H2,1-5H3/t26-,27+,28?,32-,33+/m0/s1. The molecule has 2 saturated carbocycles. The molecular formula is C33H41NO4. The third kappa shape index (κ3) is 4.46. The van der Waals surface area contributed by atoms with E-state index in [4.69, 9.17) is 0 Å². The van der Waals surface area contributed by atoms with Gasteiger partial charge in [0.1, 0.15) is 12.2 Å². The SMILES string of the molecule is CN(C(=O)CO)c1ccc([C@H]2C[C@@]3(C)C(CC[C@@]3(O)C#CC(C)(C)C)[C@@H]3CCC4=CC(=O)CCC4=C32)cc1. The van der Waals surface area contributed by atoms with Crippen LogP contribution in [0.4, 0.5) is 5.69 Å². The number of allylic oxidation sites excluding steroid dienone is 4. The molecule has 5 rings (SSSR count). The van der Waals surface area contributed by atoms with Crippen molar-refractivity contribution in [1.82, 2.24) is 0 Å². The zero-order valence-electron chi connectivity index (χ0n) is 23.4. The second-order valence-electron chi connectivity index (χ2n) is 13.1. The number of aliphatic hydroxyl groups excluding tert-OH is 1. The van der Waals surface area contributed by atoms with Crippen molar-refractivity contribution in [1.29, 1.82) is 0 Å². The fourth-order valence-electron chi connectivity index (χ4n) is 7.64. The van der Waals surface area contributed by atoms with Crippen molar-refractivity contribution in [2.45, 2.75) is 84.2 Å². The highest BCUT2D eigenvalue weighted by molar-refractivity contribution is 5.94. The van der Waals surface area contributed by atoms with Crippen molar-refractivity contribution >= 4 is 17.4 Å². The highest BCUT2D eigenvalue weighted by Crippen LogP contribution is 2.66. The first-order valence-electron chi connectivity index (χ1n) is 14.1. The number of likely N-dealkylation sites (N-methyl/N-ethyl adjacent to an activating group) is 1. The molecule has 202 valence electrons. The van der Waals surface area contributed by atoms with E-state index in [1.807, 2.05) is 18.2 Å². The average Bonchev–Trinajstić information content (AvgIpc) is 3.16. The van der Waals surface area contributed by atoms with Crippen LogP contribution in [0.3, 0.4) is 0 Å². The quantitative estimate of drug-likeness (QED) is 0.534. The Bertz CT molecular complexity index is 1270. The van der Waals surface area contributed by atoms with Crippen molar-refractivity contribution in [2.75, 3.05) is 18.6 Å². The fourth-order valence-corrected chi connectivity index (χ4v) is 7.64. The Kier molecular flexibility index (Phi) is 6.73. The highest BCUT2D eigenvalue weighted by Gasteiger charge is 2.62. The predicted octanol–water partition coefficient (Wildman–Crippen LogP) is 5.32. The molecule has 1 unspecified atom stereocenters. The first kappa shape index (κ1) is 26.9. The van der Waals surface area contributed by atoms with Gasteiger partial charge >= 0.3 is 0 Å². The van der Waals surface area contributed by atoms with Gasteiger partial charge in [0.2, 0.25) is 0 Å². The summed E-state index contributed by atoms with van der Waals surface area (Å²) >= 11 is 0. The molecular weight excluding hydrogens is 474 g/mol. The first-order valence-corrected chi connectivity index (χ1v) is 14.1. The largest absolute Gasteiger partial charge is 0.387 e. The molecule has 0 aromatic heterocycles. The molecule has 0 spiro atoms. The van der Waals surface area contributed by atoms with Crippen molar-refractivity contribution in [3.05, 3.63) is 52.6 Å². The summed E-state index contributed by atoms with van der Waals surface area (Å²) in [4.78, 5) is 25.8. The Labute approximate surface area is 227 Å². The van der Waals surface area contributed by atoms with Gasteiger partial charge in [0.15, 0.2) is 5.78 Å². The third-order valence-corrected chi connectivity index (χ3v) is 9.72. The van der Waals surface area contributed by atoms with E-state index in [-0.39, 0.29) is 28.4 Å². The maximum absolute atomic E-state index is 12.3. The lowest BCUT2D eigenvalue weighted by molar-refractivity contribution is -0.121. The number of carbonyl (C=O) groups is 2. The topological polar surface area (TPSA) is 77.8 Å². The molecule has 4 aliphatic carbocycles. The Morgan fingerprint density at radius 2 is 1.84 bits per heavy atom.